The van der Waals surface area contributed by atoms with Gasteiger partial charge in [0.2, 0.25) is 0 Å². The first-order valence-electron chi connectivity index (χ1n) is 13.0. The number of Topliss-reactive ketones (excluding diaryl/α,β-unsaturated/α-hetero) is 3. The lowest BCUT2D eigenvalue weighted by Crippen LogP contribution is -2.42. The van der Waals surface area contributed by atoms with Crippen molar-refractivity contribution in [3.8, 4) is 11.1 Å². The van der Waals surface area contributed by atoms with Crippen molar-refractivity contribution in [2.75, 3.05) is 26.4 Å². The highest BCUT2D eigenvalue weighted by atomic mass is 16.5. The Morgan fingerprint density at radius 2 is 1.14 bits per heavy atom. The molecule has 7 nitrogen and oxygen atoms in total. The van der Waals surface area contributed by atoms with Crippen molar-refractivity contribution < 1.29 is 28.7 Å². The average molecular weight is 510 g/mol. The van der Waals surface area contributed by atoms with Crippen LogP contribution in [0.4, 0.5) is 0 Å². The number of amides is 1. The molecule has 0 aliphatic carbocycles. The molecule has 0 fully saturated rings. The van der Waals surface area contributed by atoms with Gasteiger partial charge in [-0.05, 0) is 23.3 Å². The summed E-state index contributed by atoms with van der Waals surface area (Å²) in [5, 5.41) is 2.93. The second-order valence-corrected chi connectivity index (χ2v) is 9.28. The molecule has 1 amide bonds. The van der Waals surface area contributed by atoms with Crippen molar-refractivity contribution in [2.24, 2.45) is 5.92 Å². The molecule has 0 saturated heterocycles. The Morgan fingerprint density at radius 1 is 0.703 bits per heavy atom. The van der Waals surface area contributed by atoms with Gasteiger partial charge in [0.15, 0.2) is 5.78 Å². The van der Waals surface area contributed by atoms with Crippen LogP contribution < -0.4 is 5.32 Å². The molecule has 0 bridgehead atoms. The van der Waals surface area contributed by atoms with Crippen molar-refractivity contribution in [1.82, 2.24) is 5.32 Å². The topological polar surface area (TPSA) is 98.8 Å². The Labute approximate surface area is 219 Å². The molecule has 2 aromatic carbocycles. The molecule has 0 spiro atoms. The van der Waals surface area contributed by atoms with E-state index in [4.69, 9.17) is 9.47 Å². The van der Waals surface area contributed by atoms with Gasteiger partial charge < -0.3 is 14.8 Å². The minimum Gasteiger partial charge on any atom is -0.379 e. The maximum absolute atomic E-state index is 12.9. The second-order valence-electron chi connectivity index (χ2n) is 9.28. The van der Waals surface area contributed by atoms with Gasteiger partial charge in [0, 0.05) is 42.7 Å². The van der Waals surface area contributed by atoms with E-state index in [1.807, 2.05) is 64.1 Å². The number of nitrogens with one attached hydrogen (secondary N) is 1. The zero-order valence-electron chi connectivity index (χ0n) is 22.4. The summed E-state index contributed by atoms with van der Waals surface area (Å²) in [5.41, 5.74) is 3.06. The van der Waals surface area contributed by atoms with E-state index in [1.165, 1.54) is 0 Å². The molecule has 0 heterocycles. The van der Waals surface area contributed by atoms with Crippen molar-refractivity contribution in [2.45, 2.75) is 59.4 Å². The van der Waals surface area contributed by atoms with Gasteiger partial charge in [-0.3, -0.25) is 19.2 Å². The van der Waals surface area contributed by atoms with E-state index in [1.54, 1.807) is 12.1 Å². The first-order chi connectivity index (χ1) is 17.7. The molecule has 7 heteroatoms. The first-order valence-corrected chi connectivity index (χ1v) is 13.0. The molecule has 37 heavy (non-hydrogen) atoms. The summed E-state index contributed by atoms with van der Waals surface area (Å²) in [7, 11) is 0. The van der Waals surface area contributed by atoms with Crippen LogP contribution in [-0.2, 0) is 19.1 Å². The summed E-state index contributed by atoms with van der Waals surface area (Å²) in [5.74, 6) is 0.0270. The van der Waals surface area contributed by atoms with E-state index in [9.17, 15) is 19.2 Å². The molecule has 2 aromatic rings. The predicted octanol–water partition coefficient (Wildman–Crippen LogP) is 5.06. The van der Waals surface area contributed by atoms with E-state index in [2.05, 4.69) is 5.32 Å². The number of ether oxygens (including phenoxy) is 2. The van der Waals surface area contributed by atoms with E-state index < -0.39 is 6.04 Å². The van der Waals surface area contributed by atoms with Gasteiger partial charge in [-0.25, -0.2) is 0 Å². The third-order valence-electron chi connectivity index (χ3n) is 5.99. The number of hydrogen-bond acceptors (Lipinski definition) is 6. The Hall–Kier alpha value is -3.16. The molecule has 0 aliphatic heterocycles. The van der Waals surface area contributed by atoms with Crippen LogP contribution in [0.15, 0.2) is 48.5 Å². The second kappa shape index (κ2) is 15.8. The fourth-order valence-electron chi connectivity index (χ4n) is 3.55. The van der Waals surface area contributed by atoms with Gasteiger partial charge in [-0.2, -0.15) is 0 Å². The van der Waals surface area contributed by atoms with Gasteiger partial charge in [0.25, 0.3) is 5.91 Å². The van der Waals surface area contributed by atoms with Gasteiger partial charge in [-0.1, -0.05) is 64.1 Å². The van der Waals surface area contributed by atoms with Crippen molar-refractivity contribution in [1.29, 1.82) is 0 Å². The number of benzene rings is 2. The molecule has 200 valence electrons. The fourth-order valence-corrected chi connectivity index (χ4v) is 3.55. The van der Waals surface area contributed by atoms with Gasteiger partial charge in [-0.15, -0.1) is 0 Å². The highest BCUT2D eigenvalue weighted by Gasteiger charge is 2.16. The summed E-state index contributed by atoms with van der Waals surface area (Å²) in [6.45, 7) is 8.34. The number of carbonyl (C=O) groups excluding carboxylic acids is 4. The Bertz CT molecular complexity index is 1000. The van der Waals surface area contributed by atoms with Crippen LogP contribution in [-0.4, -0.2) is 55.7 Å². The third-order valence-corrected chi connectivity index (χ3v) is 5.99. The van der Waals surface area contributed by atoms with E-state index in [-0.39, 0.29) is 55.6 Å². The lowest BCUT2D eigenvalue weighted by atomic mass is 9.97. The van der Waals surface area contributed by atoms with Crippen molar-refractivity contribution in [3.63, 3.8) is 0 Å². The molecule has 2 rings (SSSR count). The van der Waals surface area contributed by atoms with Crippen LogP contribution in [0.5, 0.6) is 0 Å². The van der Waals surface area contributed by atoms with Crippen LogP contribution >= 0.6 is 0 Å². The molecular formula is C30H39NO6. The average Bonchev–Trinajstić information content (AvgIpc) is 2.92. The number of hydrogen-bond donors (Lipinski definition) is 1. The van der Waals surface area contributed by atoms with Gasteiger partial charge >= 0.3 is 0 Å². The Kier molecular flexibility index (Phi) is 12.9. The summed E-state index contributed by atoms with van der Waals surface area (Å²) >= 11 is 0. The summed E-state index contributed by atoms with van der Waals surface area (Å²) < 4.78 is 11.2. The fraction of sp³-hybridized carbons (Fsp3) is 0.467. The van der Waals surface area contributed by atoms with Crippen molar-refractivity contribution >= 4 is 23.3 Å². The molecule has 0 aromatic heterocycles. The largest absolute Gasteiger partial charge is 0.379 e. The van der Waals surface area contributed by atoms with E-state index in [0.29, 0.717) is 36.8 Å². The van der Waals surface area contributed by atoms with Crippen LogP contribution in [0, 0.1) is 5.92 Å². The summed E-state index contributed by atoms with van der Waals surface area (Å²) in [6.07, 6.45) is 1.59. The Balaban J connectivity index is 1.98. The first kappa shape index (κ1) is 30.1. The van der Waals surface area contributed by atoms with Crippen LogP contribution in [0.25, 0.3) is 11.1 Å². The minimum atomic E-state index is -0.424. The standard InChI is InChI=1S/C30H39NO6/c1-5-27(32)15-17-36-19-26(20-37-18-16-28(33)6-2)31-30(35)25-13-9-23(10-14-25)22-7-11-24(12-8-22)29(34)21(3)4/h7-14,21,26H,5-6,15-20H2,1-4H3,(H,31,35). The molecule has 0 unspecified atom stereocenters. The zero-order chi connectivity index (χ0) is 27.2. The van der Waals surface area contributed by atoms with Crippen LogP contribution in [0.2, 0.25) is 0 Å². The maximum Gasteiger partial charge on any atom is 0.251 e. The number of carbonyl (C=O) groups is 4. The van der Waals surface area contributed by atoms with E-state index >= 15 is 0 Å². The lowest BCUT2D eigenvalue weighted by Gasteiger charge is -2.19. The summed E-state index contributed by atoms with van der Waals surface area (Å²) in [6, 6.07) is 14.3. The predicted molar refractivity (Wildman–Crippen MR) is 144 cm³/mol. The van der Waals surface area contributed by atoms with Gasteiger partial charge in [0.05, 0.1) is 32.5 Å². The van der Waals surface area contributed by atoms with Gasteiger partial charge in [0.1, 0.15) is 11.6 Å². The molecule has 0 aliphatic rings. The highest BCUT2D eigenvalue weighted by Crippen LogP contribution is 2.21. The zero-order valence-corrected chi connectivity index (χ0v) is 22.4. The van der Waals surface area contributed by atoms with E-state index in [0.717, 1.165) is 11.1 Å². The highest BCUT2D eigenvalue weighted by molar-refractivity contribution is 5.98. The third kappa shape index (κ3) is 10.4. The summed E-state index contributed by atoms with van der Waals surface area (Å²) in [4.78, 5) is 48.1. The molecule has 1 N–H and O–H groups in total. The monoisotopic (exact) mass is 509 g/mol. The molecular weight excluding hydrogens is 470 g/mol. The molecule has 0 radical (unpaired) electrons. The van der Waals surface area contributed by atoms with Crippen LogP contribution in [0.1, 0.15) is 74.1 Å². The lowest BCUT2D eigenvalue weighted by molar-refractivity contribution is -0.120. The van der Waals surface area contributed by atoms with Crippen LogP contribution in [0.3, 0.4) is 0 Å². The normalized spacial score (nSPS) is 11.1. The quantitative estimate of drug-likeness (QED) is 0.236. The number of rotatable bonds is 17. The van der Waals surface area contributed by atoms with Crippen molar-refractivity contribution in [3.05, 3.63) is 59.7 Å². The SMILES string of the molecule is CCC(=O)CCOCC(COCCC(=O)CC)NC(=O)c1ccc(-c2ccc(C(=O)C(C)C)cc2)cc1. The maximum atomic E-state index is 12.9. The number of ketones is 3. The minimum absolute atomic E-state index is 0.0547. The molecule has 0 atom stereocenters. The smallest absolute Gasteiger partial charge is 0.251 e. The molecule has 0 saturated carbocycles. The Morgan fingerprint density at radius 3 is 1.54 bits per heavy atom.